The van der Waals surface area contributed by atoms with Gasteiger partial charge in [0.1, 0.15) is 0 Å². The molecule has 16 heavy (non-hydrogen) atoms. The van der Waals surface area contributed by atoms with Crippen molar-refractivity contribution in [2.24, 2.45) is 0 Å². The lowest BCUT2D eigenvalue weighted by molar-refractivity contribution is 0.202. The van der Waals surface area contributed by atoms with Crippen LogP contribution in [0.25, 0.3) is 0 Å². The molecule has 1 aliphatic rings. The van der Waals surface area contributed by atoms with Gasteiger partial charge >= 0.3 is 0 Å². The van der Waals surface area contributed by atoms with Crippen LogP contribution in [0, 0.1) is 6.92 Å². The van der Waals surface area contributed by atoms with Crippen molar-refractivity contribution in [2.75, 3.05) is 0 Å². The summed E-state index contributed by atoms with van der Waals surface area (Å²) in [5, 5.41) is 10.9. The Morgan fingerprint density at radius 2 is 1.88 bits per heavy atom. The van der Waals surface area contributed by atoms with Crippen LogP contribution >= 0.6 is 11.3 Å². The van der Waals surface area contributed by atoms with Gasteiger partial charge in [-0.3, -0.25) is 0 Å². The van der Waals surface area contributed by atoms with Gasteiger partial charge in [-0.05, 0) is 26.7 Å². The van der Waals surface area contributed by atoms with E-state index in [4.69, 9.17) is 0 Å². The van der Waals surface area contributed by atoms with Gasteiger partial charge in [0.15, 0.2) is 0 Å². The van der Waals surface area contributed by atoms with Crippen molar-refractivity contribution in [3.05, 3.63) is 15.6 Å². The highest BCUT2D eigenvalue weighted by Crippen LogP contribution is 2.36. The van der Waals surface area contributed by atoms with E-state index < -0.39 is 0 Å². The summed E-state index contributed by atoms with van der Waals surface area (Å²) < 4.78 is 0. The number of aliphatic hydroxyl groups excluding tert-OH is 1. The maximum absolute atomic E-state index is 9.64. The molecule has 2 nitrogen and oxygen atoms in total. The van der Waals surface area contributed by atoms with Crippen LogP contribution in [0.15, 0.2) is 0 Å². The lowest BCUT2D eigenvalue weighted by Crippen LogP contribution is -1.96. The molecule has 1 aromatic rings. The van der Waals surface area contributed by atoms with Crippen LogP contribution in [0.1, 0.15) is 73.0 Å². The molecule has 0 aliphatic heterocycles. The lowest BCUT2D eigenvalue weighted by atomic mass is 10.0. The van der Waals surface area contributed by atoms with E-state index in [9.17, 15) is 5.11 Å². The molecular weight excluding hydrogens is 218 g/mol. The zero-order chi connectivity index (χ0) is 11.5. The first-order chi connectivity index (χ1) is 7.68. The molecule has 3 heteroatoms. The quantitative estimate of drug-likeness (QED) is 0.793. The maximum Gasteiger partial charge on any atom is 0.0962 e. The van der Waals surface area contributed by atoms with Crippen molar-refractivity contribution in [1.82, 2.24) is 4.98 Å². The Bertz CT molecular complexity index is 338. The zero-order valence-electron chi connectivity index (χ0n) is 10.2. The molecule has 90 valence electrons. The highest BCUT2D eigenvalue weighted by atomic mass is 32.1. The van der Waals surface area contributed by atoms with Gasteiger partial charge in [-0.15, -0.1) is 11.3 Å². The molecule has 1 atom stereocenters. The highest BCUT2D eigenvalue weighted by molar-refractivity contribution is 7.11. The molecule has 0 aromatic carbocycles. The van der Waals surface area contributed by atoms with Crippen molar-refractivity contribution in [1.29, 1.82) is 0 Å². The summed E-state index contributed by atoms with van der Waals surface area (Å²) >= 11 is 1.72. The average Bonchev–Trinajstić information content (AvgIpc) is 2.50. The summed E-state index contributed by atoms with van der Waals surface area (Å²) in [5.41, 5.74) is 1.03. The SMILES string of the molecule is Cc1nc(C2CCCCCC2)sc1C(C)O. The molecule has 1 saturated carbocycles. The average molecular weight is 239 g/mol. The Kier molecular flexibility index (Phi) is 3.98. The topological polar surface area (TPSA) is 33.1 Å². The monoisotopic (exact) mass is 239 g/mol. The van der Waals surface area contributed by atoms with Crippen LogP contribution < -0.4 is 0 Å². The molecule has 1 aromatic heterocycles. The van der Waals surface area contributed by atoms with Crippen molar-refractivity contribution < 1.29 is 5.11 Å². The number of aromatic nitrogens is 1. The number of aryl methyl sites for hydroxylation is 1. The Balaban J connectivity index is 2.16. The highest BCUT2D eigenvalue weighted by Gasteiger charge is 2.20. The Labute approximate surface area is 102 Å². The molecule has 0 saturated heterocycles. The van der Waals surface area contributed by atoms with Gasteiger partial charge in [-0.25, -0.2) is 4.98 Å². The van der Waals surface area contributed by atoms with Crippen molar-refractivity contribution >= 4 is 11.3 Å². The number of hydrogen-bond donors (Lipinski definition) is 1. The second-order valence-electron chi connectivity index (χ2n) is 4.87. The Morgan fingerprint density at radius 3 is 2.38 bits per heavy atom. The summed E-state index contributed by atoms with van der Waals surface area (Å²) in [6, 6.07) is 0. The molecule has 1 unspecified atom stereocenters. The van der Waals surface area contributed by atoms with E-state index in [2.05, 4.69) is 4.98 Å². The normalized spacial score (nSPS) is 20.7. The third-order valence-corrected chi connectivity index (χ3v) is 4.92. The van der Waals surface area contributed by atoms with Gasteiger partial charge < -0.3 is 5.11 Å². The number of rotatable bonds is 2. The number of thiazole rings is 1. The number of hydrogen-bond acceptors (Lipinski definition) is 3. The standard InChI is InChI=1S/C13H21NOS/c1-9-12(10(2)15)16-13(14-9)11-7-5-3-4-6-8-11/h10-11,15H,3-8H2,1-2H3. The van der Waals surface area contributed by atoms with Crippen molar-refractivity contribution in [3.8, 4) is 0 Å². The molecule has 1 aliphatic carbocycles. The molecule has 0 spiro atoms. The smallest absolute Gasteiger partial charge is 0.0962 e. The van der Waals surface area contributed by atoms with E-state index in [1.165, 1.54) is 43.5 Å². The van der Waals surface area contributed by atoms with Gasteiger partial charge in [0.2, 0.25) is 0 Å². The van der Waals surface area contributed by atoms with Gasteiger partial charge in [0.05, 0.1) is 21.7 Å². The van der Waals surface area contributed by atoms with E-state index in [0.717, 1.165) is 10.6 Å². The van der Waals surface area contributed by atoms with E-state index in [1.54, 1.807) is 11.3 Å². The second kappa shape index (κ2) is 5.28. The van der Waals surface area contributed by atoms with Gasteiger partial charge in [-0.1, -0.05) is 25.7 Å². The predicted molar refractivity (Wildman–Crippen MR) is 67.9 cm³/mol. The lowest BCUT2D eigenvalue weighted by Gasteiger charge is -2.09. The third kappa shape index (κ3) is 2.64. The van der Waals surface area contributed by atoms with Crippen LogP contribution in [0.5, 0.6) is 0 Å². The van der Waals surface area contributed by atoms with Crippen LogP contribution in [0.3, 0.4) is 0 Å². The minimum atomic E-state index is -0.364. The fourth-order valence-electron chi connectivity index (χ4n) is 2.52. The Hall–Kier alpha value is -0.410. The molecule has 1 heterocycles. The van der Waals surface area contributed by atoms with Crippen LogP contribution in [-0.4, -0.2) is 10.1 Å². The fourth-order valence-corrected chi connectivity index (χ4v) is 3.69. The van der Waals surface area contributed by atoms with Gasteiger partial charge in [-0.2, -0.15) is 0 Å². The minimum Gasteiger partial charge on any atom is -0.388 e. The zero-order valence-corrected chi connectivity index (χ0v) is 11.0. The van der Waals surface area contributed by atoms with Crippen LogP contribution in [0.2, 0.25) is 0 Å². The van der Waals surface area contributed by atoms with E-state index in [0.29, 0.717) is 5.92 Å². The van der Waals surface area contributed by atoms with Gasteiger partial charge in [0, 0.05) is 5.92 Å². The summed E-state index contributed by atoms with van der Waals surface area (Å²) in [6.45, 7) is 3.84. The molecule has 0 radical (unpaired) electrons. The fraction of sp³-hybridized carbons (Fsp3) is 0.769. The first kappa shape index (κ1) is 12.1. The van der Waals surface area contributed by atoms with E-state index in [-0.39, 0.29) is 6.10 Å². The van der Waals surface area contributed by atoms with E-state index in [1.807, 2.05) is 13.8 Å². The van der Waals surface area contributed by atoms with Crippen LogP contribution in [-0.2, 0) is 0 Å². The van der Waals surface area contributed by atoms with Crippen LogP contribution in [0.4, 0.5) is 0 Å². The molecule has 0 bridgehead atoms. The minimum absolute atomic E-state index is 0.364. The molecule has 1 N–H and O–H groups in total. The third-order valence-electron chi connectivity index (χ3n) is 3.43. The van der Waals surface area contributed by atoms with E-state index >= 15 is 0 Å². The maximum atomic E-state index is 9.64. The Morgan fingerprint density at radius 1 is 1.25 bits per heavy atom. The summed E-state index contributed by atoms with van der Waals surface area (Å²) in [6.07, 6.45) is 7.64. The van der Waals surface area contributed by atoms with Gasteiger partial charge in [0.25, 0.3) is 0 Å². The number of nitrogens with zero attached hydrogens (tertiary/aromatic N) is 1. The summed E-state index contributed by atoms with van der Waals surface area (Å²) in [4.78, 5) is 5.71. The first-order valence-corrected chi connectivity index (χ1v) is 7.15. The molecule has 0 amide bonds. The number of aliphatic hydroxyl groups is 1. The first-order valence-electron chi connectivity index (χ1n) is 6.33. The summed E-state index contributed by atoms with van der Waals surface area (Å²) in [5.74, 6) is 0.652. The molecule has 2 rings (SSSR count). The second-order valence-corrected chi connectivity index (χ2v) is 5.93. The summed E-state index contributed by atoms with van der Waals surface area (Å²) in [7, 11) is 0. The predicted octanol–water partition coefficient (Wildman–Crippen LogP) is 3.94. The largest absolute Gasteiger partial charge is 0.388 e. The van der Waals surface area contributed by atoms with Crippen molar-refractivity contribution in [2.45, 2.75) is 64.4 Å². The molecule has 1 fully saturated rings. The molecular formula is C13H21NOS. The van der Waals surface area contributed by atoms with Crippen molar-refractivity contribution in [3.63, 3.8) is 0 Å².